The van der Waals surface area contributed by atoms with Gasteiger partial charge in [0.15, 0.2) is 0 Å². The van der Waals surface area contributed by atoms with E-state index in [9.17, 15) is 5.41 Å². The SMILES string of the molecule is N=C(c1ccccc1NCn1c2ccccc2c2ccc(C3(c4ccccc4)c4ccccc4-c4ccccc43)cc21)c1cccc2c1sc1c(-c3ccccc3)cccc12. The number of hydrogen-bond donors (Lipinski definition) is 2. The fraction of sp³-hybridized carbons (Fsp3) is 0.0351. The highest BCUT2D eigenvalue weighted by molar-refractivity contribution is 7.26. The van der Waals surface area contributed by atoms with Crippen molar-refractivity contribution in [3.8, 4) is 22.3 Å². The number of aromatic nitrogens is 1. The highest BCUT2D eigenvalue weighted by Crippen LogP contribution is 2.56. The van der Waals surface area contributed by atoms with E-state index in [0.29, 0.717) is 12.4 Å². The molecule has 61 heavy (non-hydrogen) atoms. The van der Waals surface area contributed by atoms with Crippen molar-refractivity contribution in [1.29, 1.82) is 5.41 Å². The van der Waals surface area contributed by atoms with Crippen molar-refractivity contribution < 1.29 is 0 Å². The van der Waals surface area contributed by atoms with Gasteiger partial charge in [0.2, 0.25) is 0 Å². The second-order valence-electron chi connectivity index (χ2n) is 16.0. The summed E-state index contributed by atoms with van der Waals surface area (Å²) < 4.78 is 4.80. The van der Waals surface area contributed by atoms with Crippen LogP contribution in [0.2, 0.25) is 0 Å². The molecule has 1 aliphatic rings. The molecule has 9 aromatic carbocycles. The van der Waals surface area contributed by atoms with Crippen molar-refractivity contribution >= 4 is 64.7 Å². The van der Waals surface area contributed by atoms with Gasteiger partial charge in [-0.05, 0) is 62.7 Å². The summed E-state index contributed by atoms with van der Waals surface area (Å²) in [6.45, 7) is 0.525. The van der Waals surface area contributed by atoms with Crippen molar-refractivity contribution in [1.82, 2.24) is 4.57 Å². The van der Waals surface area contributed by atoms with E-state index >= 15 is 0 Å². The zero-order valence-electron chi connectivity index (χ0n) is 33.3. The lowest BCUT2D eigenvalue weighted by molar-refractivity contribution is 0.767. The maximum absolute atomic E-state index is 9.81. The van der Waals surface area contributed by atoms with Crippen molar-refractivity contribution in [2.24, 2.45) is 0 Å². The number of para-hydroxylation sites is 2. The lowest BCUT2D eigenvalue weighted by atomic mass is 9.67. The first kappa shape index (κ1) is 35.4. The van der Waals surface area contributed by atoms with Gasteiger partial charge in [0, 0.05) is 47.8 Å². The minimum Gasteiger partial charge on any atom is -0.367 e. The monoisotopic (exact) mass is 797 g/mol. The second-order valence-corrected chi connectivity index (χ2v) is 17.0. The molecule has 4 heteroatoms. The first-order chi connectivity index (χ1) is 30.2. The normalized spacial score (nSPS) is 12.9. The van der Waals surface area contributed by atoms with Crippen LogP contribution in [0, 0.1) is 5.41 Å². The summed E-state index contributed by atoms with van der Waals surface area (Å²) in [6, 6.07) is 76.6. The predicted octanol–water partition coefficient (Wildman–Crippen LogP) is 14.7. The van der Waals surface area contributed by atoms with Gasteiger partial charge in [-0.1, -0.05) is 194 Å². The molecule has 0 fully saturated rings. The Morgan fingerprint density at radius 2 is 1.03 bits per heavy atom. The van der Waals surface area contributed by atoms with Crippen LogP contribution in [0.1, 0.15) is 33.4 Å². The van der Waals surface area contributed by atoms with E-state index in [2.05, 4.69) is 216 Å². The molecule has 0 saturated carbocycles. The van der Waals surface area contributed by atoms with Crippen LogP contribution in [-0.2, 0) is 12.1 Å². The topological polar surface area (TPSA) is 40.8 Å². The van der Waals surface area contributed by atoms with Gasteiger partial charge in [0.05, 0.1) is 28.8 Å². The van der Waals surface area contributed by atoms with E-state index in [-0.39, 0.29) is 0 Å². The summed E-state index contributed by atoms with van der Waals surface area (Å²) in [4.78, 5) is 0. The summed E-state index contributed by atoms with van der Waals surface area (Å²) in [5.74, 6) is 0. The molecule has 1 aliphatic carbocycles. The molecule has 2 N–H and O–H groups in total. The number of fused-ring (bicyclic) bond motifs is 9. The van der Waals surface area contributed by atoms with Crippen molar-refractivity contribution in [2.75, 3.05) is 5.32 Å². The van der Waals surface area contributed by atoms with Crippen LogP contribution >= 0.6 is 11.3 Å². The summed E-state index contributed by atoms with van der Waals surface area (Å²) in [5, 5.41) is 18.5. The van der Waals surface area contributed by atoms with Gasteiger partial charge in [-0.15, -0.1) is 11.3 Å². The maximum Gasteiger partial charge on any atom is 0.0926 e. The summed E-state index contributed by atoms with van der Waals surface area (Å²) in [7, 11) is 0. The van der Waals surface area contributed by atoms with Crippen LogP contribution < -0.4 is 5.32 Å². The Balaban J connectivity index is 0.975. The molecular weight excluding hydrogens is 759 g/mol. The van der Waals surface area contributed by atoms with Crippen LogP contribution in [0.3, 0.4) is 0 Å². The number of benzene rings is 9. The van der Waals surface area contributed by atoms with Crippen molar-refractivity contribution in [3.05, 3.63) is 246 Å². The van der Waals surface area contributed by atoms with Gasteiger partial charge in [0.25, 0.3) is 0 Å². The minimum absolute atomic E-state index is 0.492. The summed E-state index contributed by atoms with van der Waals surface area (Å²) >= 11 is 1.79. The van der Waals surface area contributed by atoms with E-state index in [1.165, 1.54) is 81.8 Å². The van der Waals surface area contributed by atoms with E-state index in [0.717, 1.165) is 21.5 Å². The van der Waals surface area contributed by atoms with Gasteiger partial charge in [0.1, 0.15) is 0 Å². The largest absolute Gasteiger partial charge is 0.367 e. The van der Waals surface area contributed by atoms with Gasteiger partial charge < -0.3 is 9.88 Å². The predicted molar refractivity (Wildman–Crippen MR) is 258 cm³/mol. The Morgan fingerprint density at radius 1 is 0.459 bits per heavy atom. The van der Waals surface area contributed by atoms with Crippen LogP contribution in [0.25, 0.3) is 64.2 Å². The third kappa shape index (κ3) is 5.32. The highest BCUT2D eigenvalue weighted by Gasteiger charge is 2.46. The van der Waals surface area contributed by atoms with Crippen LogP contribution in [-0.4, -0.2) is 10.3 Å². The van der Waals surface area contributed by atoms with Gasteiger partial charge in [-0.25, -0.2) is 0 Å². The maximum atomic E-state index is 9.81. The fourth-order valence-corrected chi connectivity index (χ4v) is 11.5. The number of rotatable bonds is 8. The fourth-order valence-electron chi connectivity index (χ4n) is 10.2. The summed E-state index contributed by atoms with van der Waals surface area (Å²) in [5.41, 5.74) is 15.2. The molecule has 0 radical (unpaired) electrons. The number of thiophene rings is 1. The molecule has 2 heterocycles. The smallest absolute Gasteiger partial charge is 0.0926 e. The first-order valence-electron chi connectivity index (χ1n) is 20.9. The summed E-state index contributed by atoms with van der Waals surface area (Å²) in [6.07, 6.45) is 0. The number of nitrogens with zero attached hydrogens (tertiary/aromatic N) is 1. The number of nitrogens with one attached hydrogen (secondary N) is 2. The first-order valence-corrected chi connectivity index (χ1v) is 21.7. The molecule has 0 bridgehead atoms. The van der Waals surface area contributed by atoms with Gasteiger partial charge in [-0.2, -0.15) is 0 Å². The molecule has 12 rings (SSSR count). The van der Waals surface area contributed by atoms with E-state index < -0.39 is 5.41 Å². The molecule has 0 atom stereocenters. The van der Waals surface area contributed by atoms with Gasteiger partial charge >= 0.3 is 0 Å². The standard InChI is InChI=1S/C57H39N3S/c58-54(48-28-16-27-46-45-26-15-25-40(55(45)61-56(46)48)37-17-3-1-4-18-37)47-24-9-13-31-51(47)59-36-60-52-32-14-10-23-43(52)44-34-33-39(35-53(44)60)57(38-19-5-2-6-20-38)49-29-11-7-21-41(49)42-22-8-12-30-50(42)57/h1-35,58-59H,36H2. The highest BCUT2D eigenvalue weighted by atomic mass is 32.1. The van der Waals surface area contributed by atoms with E-state index in [1.54, 1.807) is 11.3 Å². The minimum atomic E-state index is -0.492. The average molecular weight is 798 g/mol. The molecule has 0 saturated heterocycles. The van der Waals surface area contributed by atoms with Crippen LogP contribution in [0.4, 0.5) is 5.69 Å². The quantitative estimate of drug-likeness (QED) is 0.148. The molecule has 2 aromatic heterocycles. The zero-order chi connectivity index (χ0) is 40.5. The number of hydrogen-bond acceptors (Lipinski definition) is 3. The Bertz CT molecular complexity index is 3460. The third-order valence-corrected chi connectivity index (χ3v) is 14.2. The lowest BCUT2D eigenvalue weighted by Crippen LogP contribution is -2.28. The molecular formula is C57H39N3S. The van der Waals surface area contributed by atoms with Crippen LogP contribution in [0.15, 0.2) is 212 Å². The van der Waals surface area contributed by atoms with E-state index in [4.69, 9.17) is 0 Å². The number of anilines is 1. The van der Waals surface area contributed by atoms with Crippen LogP contribution in [0.5, 0.6) is 0 Å². The van der Waals surface area contributed by atoms with E-state index in [1.807, 2.05) is 6.07 Å². The van der Waals surface area contributed by atoms with Crippen molar-refractivity contribution in [3.63, 3.8) is 0 Å². The van der Waals surface area contributed by atoms with Gasteiger partial charge in [-0.3, -0.25) is 5.41 Å². The molecule has 0 aliphatic heterocycles. The zero-order valence-corrected chi connectivity index (χ0v) is 34.1. The van der Waals surface area contributed by atoms with Crippen molar-refractivity contribution in [2.45, 2.75) is 12.1 Å². The lowest BCUT2D eigenvalue weighted by Gasteiger charge is -2.34. The average Bonchev–Trinajstić information content (AvgIpc) is 3.97. The third-order valence-electron chi connectivity index (χ3n) is 12.9. The molecule has 0 spiro atoms. The molecule has 3 nitrogen and oxygen atoms in total. The Morgan fingerprint density at radius 3 is 1.82 bits per heavy atom. The second kappa shape index (κ2) is 14.0. The molecule has 0 unspecified atom stereocenters. The Hall–Kier alpha value is -7.53. The molecule has 0 amide bonds. The molecule has 288 valence electrons. The molecule has 11 aromatic rings. The Labute approximate surface area is 358 Å². The Kier molecular flexibility index (Phi) is 8.16.